The summed E-state index contributed by atoms with van der Waals surface area (Å²) in [5.41, 5.74) is 12.4. The topological polar surface area (TPSA) is 12.4 Å². The molecule has 0 saturated heterocycles. The van der Waals surface area contributed by atoms with Gasteiger partial charge in [0.2, 0.25) is 0 Å². The number of hydrogen-bond acceptors (Lipinski definition) is 1. The van der Waals surface area contributed by atoms with Gasteiger partial charge < -0.3 is 0 Å². The minimum absolute atomic E-state index is 0.301. The molecule has 0 N–H and O–H groups in total. The summed E-state index contributed by atoms with van der Waals surface area (Å²) < 4.78 is 0. The number of rotatable bonds is 1. The fourth-order valence-corrected chi connectivity index (χ4v) is 7.19. The molecule has 29 heavy (non-hydrogen) atoms. The molecule has 0 fully saturated rings. The molecule has 1 unspecified atom stereocenters. The van der Waals surface area contributed by atoms with E-state index in [-0.39, 0.29) is 0 Å². The summed E-state index contributed by atoms with van der Waals surface area (Å²) in [5.74, 6) is 0.301. The Morgan fingerprint density at radius 1 is 0.931 bits per heavy atom. The van der Waals surface area contributed by atoms with Crippen LogP contribution in [0.2, 0.25) is 19.6 Å². The number of benzene rings is 3. The number of fused-ring (bicyclic) bond motifs is 4. The summed E-state index contributed by atoms with van der Waals surface area (Å²) in [5, 5.41) is 4.25. The van der Waals surface area contributed by atoms with Crippen LogP contribution in [0.25, 0.3) is 28.0 Å². The Morgan fingerprint density at radius 3 is 2.55 bits per heavy atom. The van der Waals surface area contributed by atoms with Gasteiger partial charge >= 0.3 is 0 Å². The van der Waals surface area contributed by atoms with Crippen LogP contribution < -0.4 is 5.19 Å². The number of hydrogen-bond donors (Lipinski definition) is 0. The minimum atomic E-state index is -1.44. The van der Waals surface area contributed by atoms with Crippen LogP contribution >= 0.6 is 0 Å². The van der Waals surface area contributed by atoms with E-state index < -0.39 is 8.07 Å². The standard InChI is InChI=1S/C27H25NSi/c1-15-6-7-19-16(2)24-20-8-9-23(29(3,4)5)21-13-17-10-11-28-27(25(17)26(20)21)22(24)14-18(19)12-15/h6-14,25H,1-5H3. The summed E-state index contributed by atoms with van der Waals surface area (Å²) in [6, 6.07) is 14.0. The molecule has 1 nitrogen and oxygen atoms in total. The first-order chi connectivity index (χ1) is 13.8. The van der Waals surface area contributed by atoms with Crippen molar-refractivity contribution >= 4 is 35.8 Å². The van der Waals surface area contributed by atoms with Gasteiger partial charge in [0, 0.05) is 11.8 Å². The van der Waals surface area contributed by atoms with Crippen LogP contribution in [0.15, 0.2) is 59.2 Å². The molecule has 1 aliphatic heterocycles. The van der Waals surface area contributed by atoms with Crippen molar-refractivity contribution in [3.63, 3.8) is 0 Å². The molecule has 3 aromatic rings. The highest BCUT2D eigenvalue weighted by molar-refractivity contribution is 6.89. The predicted molar refractivity (Wildman–Crippen MR) is 128 cm³/mol. The second-order valence-corrected chi connectivity index (χ2v) is 14.8. The van der Waals surface area contributed by atoms with E-state index in [0.717, 1.165) is 0 Å². The Bertz CT molecular complexity index is 1350. The third-order valence-corrected chi connectivity index (χ3v) is 8.93. The van der Waals surface area contributed by atoms with Gasteiger partial charge in [0.1, 0.15) is 0 Å². The van der Waals surface area contributed by atoms with Gasteiger partial charge in [0.05, 0.1) is 19.7 Å². The molecule has 6 rings (SSSR count). The highest BCUT2D eigenvalue weighted by atomic mass is 28.3. The maximum atomic E-state index is 4.94. The smallest absolute Gasteiger partial charge is 0.0783 e. The van der Waals surface area contributed by atoms with E-state index in [1.165, 1.54) is 61.0 Å². The normalized spacial score (nSPS) is 18.4. The van der Waals surface area contributed by atoms with Gasteiger partial charge in [0.25, 0.3) is 0 Å². The molecule has 0 amide bonds. The maximum absolute atomic E-state index is 4.94. The van der Waals surface area contributed by atoms with Gasteiger partial charge in [-0.15, -0.1) is 0 Å². The lowest BCUT2D eigenvalue weighted by molar-refractivity contribution is 1.08. The first-order valence-electron chi connectivity index (χ1n) is 10.5. The van der Waals surface area contributed by atoms with Crippen molar-refractivity contribution in [2.24, 2.45) is 4.99 Å². The third-order valence-electron chi connectivity index (χ3n) is 6.88. The number of nitrogens with zero attached hydrogens (tertiary/aromatic N) is 1. The van der Waals surface area contributed by atoms with Gasteiger partial charge in [0.15, 0.2) is 0 Å². The van der Waals surface area contributed by atoms with Gasteiger partial charge in [-0.05, 0) is 70.2 Å². The number of aryl methyl sites for hydroxylation is 2. The lowest BCUT2D eigenvalue weighted by atomic mass is 9.73. The van der Waals surface area contributed by atoms with Gasteiger partial charge in [-0.3, -0.25) is 4.99 Å². The van der Waals surface area contributed by atoms with E-state index >= 15 is 0 Å². The monoisotopic (exact) mass is 391 g/mol. The molecule has 0 spiro atoms. The molecule has 2 heteroatoms. The highest BCUT2D eigenvalue weighted by Crippen LogP contribution is 2.52. The molecule has 1 heterocycles. The third kappa shape index (κ3) is 2.18. The van der Waals surface area contributed by atoms with E-state index in [1.807, 2.05) is 6.20 Å². The molecule has 1 atom stereocenters. The average molecular weight is 392 g/mol. The largest absolute Gasteiger partial charge is 0.260 e. The highest BCUT2D eigenvalue weighted by Gasteiger charge is 2.40. The zero-order valence-corrected chi connectivity index (χ0v) is 18.7. The van der Waals surface area contributed by atoms with E-state index in [9.17, 15) is 0 Å². The van der Waals surface area contributed by atoms with E-state index in [0.29, 0.717) is 5.92 Å². The zero-order chi connectivity index (χ0) is 20.1. The summed E-state index contributed by atoms with van der Waals surface area (Å²) in [6.45, 7) is 11.8. The Balaban J connectivity index is 1.78. The fourth-order valence-electron chi connectivity index (χ4n) is 5.59. The molecule has 142 valence electrons. The molecule has 3 aliphatic rings. The summed E-state index contributed by atoms with van der Waals surface area (Å²) in [7, 11) is -1.44. The van der Waals surface area contributed by atoms with Crippen molar-refractivity contribution in [1.29, 1.82) is 0 Å². The first kappa shape index (κ1) is 17.2. The Morgan fingerprint density at radius 2 is 1.76 bits per heavy atom. The maximum Gasteiger partial charge on any atom is 0.0783 e. The zero-order valence-electron chi connectivity index (χ0n) is 17.7. The second kappa shape index (κ2) is 5.46. The SMILES string of the molecule is Cc1ccc2c(C)c3c(cc2c1)C1=NC=CC2=Cc4c([Si](C)(C)C)ccc-3c4C21. The predicted octanol–water partition coefficient (Wildman–Crippen LogP) is 6.48. The molecular weight excluding hydrogens is 366 g/mol. The van der Waals surface area contributed by atoms with Crippen molar-refractivity contribution in [3.8, 4) is 11.1 Å². The van der Waals surface area contributed by atoms with Gasteiger partial charge in [-0.25, -0.2) is 0 Å². The molecule has 0 saturated carbocycles. The van der Waals surface area contributed by atoms with Crippen LogP contribution in [0.1, 0.15) is 33.7 Å². The molecule has 2 aliphatic carbocycles. The van der Waals surface area contributed by atoms with E-state index in [2.05, 4.69) is 82.0 Å². The Kier molecular flexibility index (Phi) is 3.23. The summed E-state index contributed by atoms with van der Waals surface area (Å²) >= 11 is 0. The molecule has 0 bridgehead atoms. The van der Waals surface area contributed by atoms with Crippen LogP contribution in [0.5, 0.6) is 0 Å². The molecular formula is C27H25NSi. The Labute approximate surface area is 173 Å². The van der Waals surface area contributed by atoms with Crippen LogP contribution in [0.3, 0.4) is 0 Å². The van der Waals surface area contributed by atoms with E-state index in [4.69, 9.17) is 4.99 Å². The average Bonchev–Trinajstić information content (AvgIpc) is 3.05. The van der Waals surface area contributed by atoms with Crippen LogP contribution in [-0.4, -0.2) is 13.8 Å². The van der Waals surface area contributed by atoms with E-state index in [1.54, 1.807) is 5.19 Å². The fraction of sp³-hybridized carbons (Fsp3) is 0.222. The van der Waals surface area contributed by atoms with Crippen molar-refractivity contribution in [2.45, 2.75) is 39.4 Å². The van der Waals surface area contributed by atoms with Gasteiger partial charge in [-0.1, -0.05) is 66.8 Å². The van der Waals surface area contributed by atoms with Gasteiger partial charge in [-0.2, -0.15) is 0 Å². The Hall–Kier alpha value is -2.71. The van der Waals surface area contributed by atoms with Crippen molar-refractivity contribution in [1.82, 2.24) is 0 Å². The second-order valence-electron chi connectivity index (χ2n) is 9.79. The lowest BCUT2D eigenvalue weighted by Crippen LogP contribution is -2.40. The van der Waals surface area contributed by atoms with Crippen molar-refractivity contribution in [2.75, 3.05) is 0 Å². The van der Waals surface area contributed by atoms with Crippen molar-refractivity contribution < 1.29 is 0 Å². The molecule has 0 radical (unpaired) electrons. The summed E-state index contributed by atoms with van der Waals surface area (Å²) in [6.07, 6.45) is 6.67. The number of aliphatic imine (C=N–C) groups is 1. The first-order valence-corrected chi connectivity index (χ1v) is 14.0. The van der Waals surface area contributed by atoms with Crippen LogP contribution in [-0.2, 0) is 0 Å². The number of allylic oxidation sites excluding steroid dienone is 2. The quantitative estimate of drug-likeness (QED) is 0.421. The molecule has 3 aromatic carbocycles. The van der Waals surface area contributed by atoms with Crippen LogP contribution in [0, 0.1) is 13.8 Å². The van der Waals surface area contributed by atoms with Crippen LogP contribution in [0.4, 0.5) is 0 Å². The minimum Gasteiger partial charge on any atom is -0.260 e. The summed E-state index contributed by atoms with van der Waals surface area (Å²) in [4.78, 5) is 4.94. The lowest BCUT2D eigenvalue weighted by Gasteiger charge is -2.33. The molecule has 0 aromatic heterocycles. The van der Waals surface area contributed by atoms with Crippen molar-refractivity contribution in [3.05, 3.63) is 82.1 Å².